The Morgan fingerprint density at radius 1 is 1.10 bits per heavy atom. The van der Waals surface area contributed by atoms with Crippen LogP contribution in [-0.4, -0.2) is 31.3 Å². The van der Waals surface area contributed by atoms with Crippen LogP contribution in [0.3, 0.4) is 0 Å². The van der Waals surface area contributed by atoms with Crippen molar-refractivity contribution in [1.82, 2.24) is 4.98 Å². The molecule has 0 amide bonds. The molecule has 1 aromatic heterocycles. The average molecular weight is 287 g/mol. The maximum absolute atomic E-state index is 11.2. The fraction of sp³-hybridized carbons (Fsp3) is 0.250. The van der Waals surface area contributed by atoms with Crippen LogP contribution in [0.15, 0.2) is 48.7 Å². The summed E-state index contributed by atoms with van der Waals surface area (Å²) in [6, 6.07) is 13.0. The van der Waals surface area contributed by atoms with E-state index in [1.54, 1.807) is 12.1 Å². The van der Waals surface area contributed by atoms with E-state index in [2.05, 4.69) is 9.72 Å². The normalized spacial score (nSPS) is 10.1. The van der Waals surface area contributed by atoms with Gasteiger partial charge in [-0.05, 0) is 24.3 Å². The first-order chi connectivity index (χ1) is 10.3. The van der Waals surface area contributed by atoms with Crippen molar-refractivity contribution in [3.63, 3.8) is 0 Å². The van der Waals surface area contributed by atoms with Crippen LogP contribution in [0.5, 0.6) is 5.75 Å². The number of benzene rings is 1. The van der Waals surface area contributed by atoms with Gasteiger partial charge in [0.1, 0.15) is 12.4 Å². The summed E-state index contributed by atoms with van der Waals surface area (Å²) in [5.74, 6) is 0.424. The van der Waals surface area contributed by atoms with Gasteiger partial charge >= 0.3 is 5.97 Å². The maximum Gasteiger partial charge on any atom is 0.339 e. The molecule has 0 aliphatic rings. The second-order valence-electron chi connectivity index (χ2n) is 4.24. The molecule has 2 aromatic rings. The van der Waals surface area contributed by atoms with Crippen molar-refractivity contribution >= 4 is 5.97 Å². The molecule has 110 valence electrons. The monoisotopic (exact) mass is 287 g/mol. The summed E-state index contributed by atoms with van der Waals surface area (Å²) in [7, 11) is 1.34. The lowest BCUT2D eigenvalue weighted by Gasteiger charge is -2.07. The third-order valence-electron chi connectivity index (χ3n) is 2.74. The van der Waals surface area contributed by atoms with Crippen molar-refractivity contribution in [3.8, 4) is 5.75 Å². The first kappa shape index (κ1) is 15.0. The average Bonchev–Trinajstić information content (AvgIpc) is 2.55. The van der Waals surface area contributed by atoms with Gasteiger partial charge in [0.05, 0.1) is 31.6 Å². The Hall–Kier alpha value is -2.40. The van der Waals surface area contributed by atoms with Crippen molar-refractivity contribution in [2.75, 3.05) is 20.3 Å². The summed E-state index contributed by atoms with van der Waals surface area (Å²) in [4.78, 5) is 15.4. The highest BCUT2D eigenvalue weighted by atomic mass is 16.5. The Kier molecular flexibility index (Phi) is 5.72. The van der Waals surface area contributed by atoms with Gasteiger partial charge in [0.25, 0.3) is 0 Å². The van der Waals surface area contributed by atoms with Gasteiger partial charge in [-0.2, -0.15) is 0 Å². The van der Waals surface area contributed by atoms with Crippen LogP contribution < -0.4 is 4.74 Å². The lowest BCUT2D eigenvalue weighted by Crippen LogP contribution is -2.08. The van der Waals surface area contributed by atoms with Crippen LogP contribution in [0.1, 0.15) is 16.1 Å². The zero-order valence-electron chi connectivity index (χ0n) is 11.8. The van der Waals surface area contributed by atoms with Gasteiger partial charge < -0.3 is 14.2 Å². The lowest BCUT2D eigenvalue weighted by molar-refractivity contribution is 0.0599. The highest BCUT2D eigenvalue weighted by Crippen LogP contribution is 2.08. The molecule has 5 heteroatoms. The minimum atomic E-state index is -0.397. The van der Waals surface area contributed by atoms with Gasteiger partial charge in [-0.3, -0.25) is 4.98 Å². The van der Waals surface area contributed by atoms with Crippen molar-refractivity contribution in [3.05, 3.63) is 59.9 Å². The van der Waals surface area contributed by atoms with E-state index in [1.807, 2.05) is 30.3 Å². The van der Waals surface area contributed by atoms with Crippen LogP contribution in [0.4, 0.5) is 0 Å². The van der Waals surface area contributed by atoms with E-state index in [4.69, 9.17) is 9.47 Å². The van der Waals surface area contributed by atoms with Crippen LogP contribution in [0.2, 0.25) is 0 Å². The SMILES string of the molecule is COC(=O)c1ccc(COCCOc2ccccc2)nc1. The van der Waals surface area contributed by atoms with E-state index < -0.39 is 5.97 Å². The second-order valence-corrected chi connectivity index (χ2v) is 4.24. The van der Waals surface area contributed by atoms with E-state index in [0.717, 1.165) is 11.4 Å². The minimum Gasteiger partial charge on any atom is -0.491 e. The molecule has 0 spiro atoms. The van der Waals surface area contributed by atoms with Gasteiger partial charge in [-0.15, -0.1) is 0 Å². The highest BCUT2D eigenvalue weighted by Gasteiger charge is 2.05. The topological polar surface area (TPSA) is 57.7 Å². The van der Waals surface area contributed by atoms with Crippen molar-refractivity contribution in [1.29, 1.82) is 0 Å². The number of methoxy groups -OCH3 is 1. The molecule has 1 aromatic carbocycles. The number of carbonyl (C=O) groups is 1. The molecular formula is C16H17NO4. The molecule has 2 rings (SSSR count). The predicted molar refractivity (Wildman–Crippen MR) is 77.2 cm³/mol. The molecule has 0 aliphatic carbocycles. The Morgan fingerprint density at radius 2 is 1.90 bits per heavy atom. The molecule has 0 aliphatic heterocycles. The van der Waals surface area contributed by atoms with Crippen molar-refractivity contribution < 1.29 is 19.0 Å². The predicted octanol–water partition coefficient (Wildman–Crippen LogP) is 2.46. The molecule has 0 radical (unpaired) electrons. The van der Waals surface area contributed by atoms with Gasteiger partial charge in [-0.1, -0.05) is 18.2 Å². The summed E-state index contributed by atoms with van der Waals surface area (Å²) < 4.78 is 15.6. The smallest absolute Gasteiger partial charge is 0.339 e. The third kappa shape index (κ3) is 4.89. The molecule has 0 fully saturated rings. The minimum absolute atomic E-state index is 0.375. The van der Waals surface area contributed by atoms with Gasteiger partial charge in [0.2, 0.25) is 0 Å². The van der Waals surface area contributed by atoms with E-state index in [-0.39, 0.29) is 0 Å². The maximum atomic E-state index is 11.2. The molecule has 1 heterocycles. The first-order valence-electron chi connectivity index (χ1n) is 6.58. The van der Waals surface area contributed by atoms with Crippen LogP contribution in [0.25, 0.3) is 0 Å². The Morgan fingerprint density at radius 3 is 2.57 bits per heavy atom. The van der Waals surface area contributed by atoms with E-state index in [0.29, 0.717) is 25.4 Å². The number of hydrogen-bond acceptors (Lipinski definition) is 5. The number of nitrogens with zero attached hydrogens (tertiary/aromatic N) is 1. The molecule has 0 atom stereocenters. The summed E-state index contributed by atoms with van der Waals surface area (Å²) in [6.45, 7) is 1.32. The lowest BCUT2D eigenvalue weighted by atomic mass is 10.2. The number of esters is 1. The standard InChI is InChI=1S/C16H17NO4/c1-19-16(18)13-7-8-14(17-11-13)12-20-9-10-21-15-5-3-2-4-6-15/h2-8,11H,9-10,12H2,1H3. The zero-order chi connectivity index (χ0) is 14.9. The fourth-order valence-corrected chi connectivity index (χ4v) is 1.66. The highest BCUT2D eigenvalue weighted by molar-refractivity contribution is 5.88. The molecule has 0 N–H and O–H groups in total. The number of hydrogen-bond donors (Lipinski definition) is 0. The zero-order valence-corrected chi connectivity index (χ0v) is 11.8. The summed E-state index contributed by atoms with van der Waals surface area (Å²) in [6.07, 6.45) is 1.48. The first-order valence-corrected chi connectivity index (χ1v) is 6.58. The molecule has 0 bridgehead atoms. The van der Waals surface area contributed by atoms with Crippen molar-refractivity contribution in [2.24, 2.45) is 0 Å². The van der Waals surface area contributed by atoms with Gasteiger partial charge in [0.15, 0.2) is 0 Å². The molecule has 0 saturated heterocycles. The molecular weight excluding hydrogens is 270 g/mol. The number of carbonyl (C=O) groups excluding carboxylic acids is 1. The fourth-order valence-electron chi connectivity index (χ4n) is 1.66. The number of aromatic nitrogens is 1. The quantitative estimate of drug-likeness (QED) is 0.578. The number of ether oxygens (including phenoxy) is 3. The Labute approximate surface area is 123 Å². The number of pyridine rings is 1. The van der Waals surface area contributed by atoms with E-state index in [1.165, 1.54) is 13.3 Å². The largest absolute Gasteiger partial charge is 0.491 e. The van der Waals surface area contributed by atoms with Gasteiger partial charge in [-0.25, -0.2) is 4.79 Å². The van der Waals surface area contributed by atoms with Crippen LogP contribution in [-0.2, 0) is 16.1 Å². The van der Waals surface area contributed by atoms with Crippen LogP contribution in [0, 0.1) is 0 Å². The van der Waals surface area contributed by atoms with Crippen LogP contribution >= 0.6 is 0 Å². The number of rotatable bonds is 7. The summed E-state index contributed by atoms with van der Waals surface area (Å²) >= 11 is 0. The molecule has 21 heavy (non-hydrogen) atoms. The molecule has 5 nitrogen and oxygen atoms in total. The molecule has 0 saturated carbocycles. The van der Waals surface area contributed by atoms with Gasteiger partial charge in [0, 0.05) is 6.20 Å². The summed E-state index contributed by atoms with van der Waals surface area (Å²) in [5, 5.41) is 0. The van der Waals surface area contributed by atoms with E-state index in [9.17, 15) is 4.79 Å². The number of para-hydroxylation sites is 1. The third-order valence-corrected chi connectivity index (χ3v) is 2.74. The van der Waals surface area contributed by atoms with Crippen molar-refractivity contribution in [2.45, 2.75) is 6.61 Å². The van der Waals surface area contributed by atoms with E-state index >= 15 is 0 Å². The Bertz CT molecular complexity index is 554. The second kappa shape index (κ2) is 8.01. The summed E-state index contributed by atoms with van der Waals surface area (Å²) in [5.41, 5.74) is 1.18. The Balaban J connectivity index is 1.68. The molecule has 0 unspecified atom stereocenters.